The van der Waals surface area contributed by atoms with Crippen LogP contribution in [0.25, 0.3) is 0 Å². The van der Waals surface area contributed by atoms with Crippen molar-refractivity contribution < 1.29 is 43.3 Å². The minimum absolute atomic E-state index is 0.181. The van der Waals surface area contributed by atoms with Gasteiger partial charge in [-0.2, -0.15) is 14.0 Å². The predicted octanol–water partition coefficient (Wildman–Crippen LogP) is -1.11. The van der Waals surface area contributed by atoms with Gasteiger partial charge in [-0.25, -0.2) is 4.79 Å². The number of likely N-dealkylation sites (N-methyl/N-ethyl adjacent to an activating group) is 3. The summed E-state index contributed by atoms with van der Waals surface area (Å²) in [6, 6.07) is 18.1. The Morgan fingerprint density at radius 3 is 1.74 bits per heavy atom. The monoisotopic (exact) mass is 550 g/mol. The van der Waals surface area contributed by atoms with E-state index in [1.807, 2.05) is 60.7 Å². The van der Waals surface area contributed by atoms with Gasteiger partial charge in [0.1, 0.15) is 6.54 Å². The van der Waals surface area contributed by atoms with Gasteiger partial charge in [0.2, 0.25) is 5.91 Å². The Morgan fingerprint density at radius 2 is 1.34 bits per heavy atom. The molecule has 3 rings (SSSR count). The lowest BCUT2D eigenvalue weighted by molar-refractivity contribution is -1.92. The molecule has 0 radical (unpaired) electrons. The number of hydrogen-bond acceptors (Lipinski definition) is 8. The number of amides is 4. The van der Waals surface area contributed by atoms with Crippen molar-refractivity contribution in [1.29, 1.82) is 0 Å². The molecule has 11 nitrogen and oxygen atoms in total. The van der Waals surface area contributed by atoms with Gasteiger partial charge in [0.05, 0.1) is 14.9 Å². The number of urea groups is 1. The highest BCUT2D eigenvalue weighted by Gasteiger charge is 2.59. The Bertz CT molecular complexity index is 1020. The first-order valence-corrected chi connectivity index (χ1v) is 13.5. The van der Waals surface area contributed by atoms with Gasteiger partial charge in [0.15, 0.2) is 5.54 Å². The lowest BCUT2D eigenvalue weighted by Crippen LogP contribution is -2.58. The van der Waals surface area contributed by atoms with E-state index >= 15 is 0 Å². The molecule has 1 heterocycles. The number of nitrogens with zero attached hydrogens (tertiary/aromatic N) is 4. The lowest BCUT2D eigenvalue weighted by atomic mass is 9.81. The van der Waals surface area contributed by atoms with E-state index < -0.39 is 21.8 Å². The smallest absolute Gasteiger partial charge is 0.328 e. The van der Waals surface area contributed by atoms with Crippen molar-refractivity contribution in [3.63, 3.8) is 0 Å². The molecule has 0 spiro atoms. The summed E-state index contributed by atoms with van der Waals surface area (Å²) in [6.45, 7) is 9.14. The topological polar surface area (TPSA) is 154 Å². The maximum atomic E-state index is 13.9. The molecule has 1 saturated heterocycles. The molecular formula is C26H35ClN4O7. The molecule has 0 bridgehead atoms. The van der Waals surface area contributed by atoms with Crippen LogP contribution in [0.3, 0.4) is 0 Å². The van der Waals surface area contributed by atoms with Crippen LogP contribution in [0.15, 0.2) is 60.7 Å². The van der Waals surface area contributed by atoms with Crippen LogP contribution in [0.2, 0.25) is 0 Å². The summed E-state index contributed by atoms with van der Waals surface area (Å²) in [4.78, 5) is 47.2. The Kier molecular flexibility index (Phi) is 11.2. The summed E-state index contributed by atoms with van der Waals surface area (Å²) in [6.07, 6.45) is 0. The minimum Gasteiger partial charge on any atom is -0.343 e. The zero-order chi connectivity index (χ0) is 28.5. The maximum absolute atomic E-state index is 13.9. The number of benzene rings is 2. The van der Waals surface area contributed by atoms with Crippen LogP contribution in [0, 0.1) is 10.2 Å². The normalized spacial score (nSPS) is 15.0. The van der Waals surface area contributed by atoms with Crippen LogP contribution in [0.4, 0.5) is 4.79 Å². The zero-order valence-corrected chi connectivity index (χ0v) is 22.8. The second-order valence-corrected chi connectivity index (χ2v) is 9.39. The fourth-order valence-corrected chi connectivity index (χ4v) is 4.45. The predicted molar refractivity (Wildman–Crippen MR) is 131 cm³/mol. The molecule has 1 fully saturated rings. The highest BCUT2D eigenvalue weighted by atomic mass is 35.7. The SMILES string of the molecule is CCN(CC)CCN(C)C(=O)CN1C(=O)N(CC)C(=O)C1(c1ccccc1)c1ccccc1.[O-][Cl+3]([O-])([O-])O. The molecule has 208 valence electrons. The van der Waals surface area contributed by atoms with Gasteiger partial charge < -0.3 is 9.80 Å². The van der Waals surface area contributed by atoms with Crippen LogP contribution in [-0.4, -0.2) is 88.4 Å². The third-order valence-electron chi connectivity index (χ3n) is 6.49. The second kappa shape index (κ2) is 13.7. The van der Waals surface area contributed by atoms with Gasteiger partial charge in [-0.1, -0.05) is 74.5 Å². The quantitative estimate of drug-likeness (QED) is 0.365. The van der Waals surface area contributed by atoms with Crippen molar-refractivity contribution in [3.8, 4) is 0 Å². The van der Waals surface area contributed by atoms with Crippen molar-refractivity contribution in [2.45, 2.75) is 26.3 Å². The maximum Gasteiger partial charge on any atom is 0.328 e. The number of halogens is 1. The first-order chi connectivity index (χ1) is 17.9. The fourth-order valence-electron chi connectivity index (χ4n) is 4.45. The van der Waals surface area contributed by atoms with Gasteiger partial charge in [0, 0.05) is 26.7 Å². The van der Waals surface area contributed by atoms with Gasteiger partial charge in [-0.05, 0) is 31.1 Å². The van der Waals surface area contributed by atoms with Gasteiger partial charge in [-0.3, -0.25) is 19.4 Å². The molecule has 0 unspecified atom stereocenters. The molecule has 2 aromatic carbocycles. The number of carbonyl (C=O) groups is 3. The van der Waals surface area contributed by atoms with E-state index in [0.717, 1.165) is 19.6 Å². The highest BCUT2D eigenvalue weighted by molar-refractivity contribution is 6.10. The highest BCUT2D eigenvalue weighted by Crippen LogP contribution is 2.43. The van der Waals surface area contributed by atoms with Gasteiger partial charge >= 0.3 is 6.03 Å². The van der Waals surface area contributed by atoms with Gasteiger partial charge in [-0.15, -0.1) is 0 Å². The standard InChI is InChI=1S/C26H34N4O3.ClHO4/c1-5-28(6-2)19-18-27(4)23(31)20-30-25(33)29(7-3)24(32)26(30,21-14-10-8-11-15-21)22-16-12-9-13-17-22;2-1(3,4)5/h8-17H,5-7,18-20H2,1-4H3;(H,2,3,4,5). The Balaban J connectivity index is 0.000000926. The van der Waals surface area contributed by atoms with E-state index in [1.165, 1.54) is 9.80 Å². The van der Waals surface area contributed by atoms with Crippen molar-refractivity contribution in [2.75, 3.05) is 46.3 Å². The third-order valence-corrected chi connectivity index (χ3v) is 6.49. The number of imide groups is 1. The summed E-state index contributed by atoms with van der Waals surface area (Å²) in [7, 11) is -2.95. The van der Waals surface area contributed by atoms with Crippen LogP contribution in [-0.2, 0) is 15.1 Å². The molecule has 0 aromatic heterocycles. The van der Waals surface area contributed by atoms with E-state index in [4.69, 9.17) is 18.6 Å². The van der Waals surface area contributed by atoms with E-state index in [2.05, 4.69) is 18.7 Å². The molecule has 4 amide bonds. The molecule has 0 aliphatic carbocycles. The largest absolute Gasteiger partial charge is 0.343 e. The number of carbonyl (C=O) groups excluding carboxylic acids is 3. The molecular weight excluding hydrogens is 516 g/mol. The molecule has 0 saturated carbocycles. The molecule has 12 heteroatoms. The summed E-state index contributed by atoms with van der Waals surface area (Å²) >= 11 is 0. The van der Waals surface area contributed by atoms with Crippen molar-refractivity contribution in [2.24, 2.45) is 0 Å². The average Bonchev–Trinajstić information content (AvgIpc) is 3.10. The van der Waals surface area contributed by atoms with E-state index in [1.54, 1.807) is 18.9 Å². The van der Waals surface area contributed by atoms with Crippen molar-refractivity contribution in [3.05, 3.63) is 71.8 Å². The molecule has 2 aromatic rings. The minimum atomic E-state index is -4.69. The molecule has 0 atom stereocenters. The second-order valence-electron chi connectivity index (χ2n) is 8.60. The van der Waals surface area contributed by atoms with Crippen LogP contribution < -0.4 is 14.0 Å². The molecule has 38 heavy (non-hydrogen) atoms. The Hall–Kier alpha value is -3.06. The van der Waals surface area contributed by atoms with E-state index in [0.29, 0.717) is 17.7 Å². The van der Waals surface area contributed by atoms with E-state index in [9.17, 15) is 14.4 Å². The number of hydrogen-bond donors (Lipinski definition) is 1. The van der Waals surface area contributed by atoms with E-state index in [-0.39, 0.29) is 24.9 Å². The lowest BCUT2D eigenvalue weighted by Gasteiger charge is -2.36. The summed E-state index contributed by atoms with van der Waals surface area (Å²) in [5.41, 5.74) is -0.0430. The first-order valence-electron chi connectivity index (χ1n) is 12.3. The van der Waals surface area contributed by atoms with Crippen LogP contribution >= 0.6 is 0 Å². The van der Waals surface area contributed by atoms with Gasteiger partial charge in [0.25, 0.3) is 5.91 Å². The van der Waals surface area contributed by atoms with Crippen molar-refractivity contribution in [1.82, 2.24) is 19.6 Å². The summed E-state index contributed by atoms with van der Waals surface area (Å²) in [5.74, 6) is -0.525. The first kappa shape index (κ1) is 31.2. The zero-order valence-electron chi connectivity index (χ0n) is 22.1. The van der Waals surface area contributed by atoms with Crippen LogP contribution in [0.5, 0.6) is 0 Å². The third kappa shape index (κ3) is 7.28. The molecule has 1 aliphatic heterocycles. The van der Waals surface area contributed by atoms with Crippen LogP contribution in [0.1, 0.15) is 31.9 Å². The van der Waals surface area contributed by atoms with Crippen molar-refractivity contribution >= 4 is 17.8 Å². The summed E-state index contributed by atoms with van der Waals surface area (Å²) in [5, 5.41) is 0. The Labute approximate surface area is 225 Å². The average molecular weight is 551 g/mol. The fraction of sp³-hybridized carbons (Fsp3) is 0.423. The Morgan fingerprint density at radius 1 is 0.895 bits per heavy atom. The summed E-state index contributed by atoms with van der Waals surface area (Å²) < 4.78 is 32.7. The number of rotatable bonds is 10. The molecule has 1 aliphatic rings. The molecule has 1 N–H and O–H groups in total.